The summed E-state index contributed by atoms with van der Waals surface area (Å²) in [6, 6.07) is 14.4. The van der Waals surface area contributed by atoms with Crippen molar-refractivity contribution in [1.82, 2.24) is 4.98 Å². The van der Waals surface area contributed by atoms with Crippen LogP contribution in [-0.2, 0) is 0 Å². The number of amidine groups is 1. The summed E-state index contributed by atoms with van der Waals surface area (Å²) in [7, 11) is 0. The van der Waals surface area contributed by atoms with Crippen LogP contribution >= 0.6 is 11.6 Å². The van der Waals surface area contributed by atoms with Gasteiger partial charge in [-0.15, -0.1) is 0 Å². The summed E-state index contributed by atoms with van der Waals surface area (Å²) in [6.07, 6.45) is 1.73. The number of hydrogen-bond donors (Lipinski definition) is 2. The predicted molar refractivity (Wildman–Crippen MR) is 84.3 cm³/mol. The Hall–Kier alpha value is -2.59. The molecule has 2 aromatic carbocycles. The molecule has 1 heterocycles. The van der Waals surface area contributed by atoms with E-state index in [1.165, 1.54) is 0 Å². The molecule has 3 aromatic rings. The van der Waals surface area contributed by atoms with Crippen molar-refractivity contribution < 1.29 is 4.74 Å². The lowest BCUT2D eigenvalue weighted by Gasteiger charge is -2.11. The molecule has 0 radical (unpaired) electrons. The highest BCUT2D eigenvalue weighted by Crippen LogP contribution is 2.29. The van der Waals surface area contributed by atoms with Gasteiger partial charge in [0.15, 0.2) is 0 Å². The minimum Gasteiger partial charge on any atom is -0.456 e. The van der Waals surface area contributed by atoms with E-state index in [1.807, 2.05) is 30.3 Å². The molecule has 3 rings (SSSR count). The standard InChI is InChI=1S/C16H12ClN3O/c17-11-4-6-13(16(18)19)15(8-11)21-12-5-3-10-2-1-7-20-14(10)9-12/h1-9H,(H3,18,19). The Morgan fingerprint density at radius 2 is 2.00 bits per heavy atom. The molecular weight excluding hydrogens is 286 g/mol. The molecule has 21 heavy (non-hydrogen) atoms. The first-order valence-electron chi connectivity index (χ1n) is 6.30. The van der Waals surface area contributed by atoms with Crippen LogP contribution in [0.1, 0.15) is 5.56 Å². The fourth-order valence-corrected chi connectivity index (χ4v) is 2.20. The number of nitrogen functional groups attached to an aromatic ring is 1. The zero-order valence-electron chi connectivity index (χ0n) is 11.0. The Bertz CT molecular complexity index is 833. The Morgan fingerprint density at radius 3 is 2.81 bits per heavy atom. The molecule has 0 unspecified atom stereocenters. The molecule has 0 aliphatic heterocycles. The topological polar surface area (TPSA) is 72.0 Å². The largest absolute Gasteiger partial charge is 0.456 e. The lowest BCUT2D eigenvalue weighted by molar-refractivity contribution is 0.482. The van der Waals surface area contributed by atoms with E-state index in [2.05, 4.69) is 4.98 Å². The van der Waals surface area contributed by atoms with Crippen LogP contribution in [0.4, 0.5) is 0 Å². The highest BCUT2D eigenvalue weighted by molar-refractivity contribution is 6.30. The fraction of sp³-hybridized carbons (Fsp3) is 0. The number of ether oxygens (including phenoxy) is 1. The van der Waals surface area contributed by atoms with Crippen LogP contribution in [0.2, 0.25) is 5.02 Å². The van der Waals surface area contributed by atoms with Crippen molar-refractivity contribution in [1.29, 1.82) is 5.41 Å². The van der Waals surface area contributed by atoms with E-state index >= 15 is 0 Å². The summed E-state index contributed by atoms with van der Waals surface area (Å²) < 4.78 is 5.81. The maximum absolute atomic E-state index is 7.59. The highest BCUT2D eigenvalue weighted by Gasteiger charge is 2.09. The van der Waals surface area contributed by atoms with Gasteiger partial charge < -0.3 is 10.5 Å². The van der Waals surface area contributed by atoms with E-state index in [0.717, 1.165) is 10.9 Å². The Balaban J connectivity index is 2.02. The molecule has 104 valence electrons. The number of benzene rings is 2. The molecule has 5 heteroatoms. The van der Waals surface area contributed by atoms with E-state index in [9.17, 15) is 0 Å². The number of hydrogen-bond acceptors (Lipinski definition) is 3. The molecule has 0 atom stereocenters. The second-order valence-corrected chi connectivity index (χ2v) is 4.95. The highest BCUT2D eigenvalue weighted by atomic mass is 35.5. The average Bonchev–Trinajstić information content (AvgIpc) is 2.47. The molecule has 0 amide bonds. The van der Waals surface area contributed by atoms with Gasteiger partial charge in [-0.3, -0.25) is 10.4 Å². The van der Waals surface area contributed by atoms with Gasteiger partial charge in [-0.25, -0.2) is 0 Å². The number of nitrogens with two attached hydrogens (primary N) is 1. The third-order valence-corrected chi connectivity index (χ3v) is 3.27. The monoisotopic (exact) mass is 297 g/mol. The fourth-order valence-electron chi connectivity index (χ4n) is 2.04. The molecule has 0 saturated carbocycles. The van der Waals surface area contributed by atoms with Crippen molar-refractivity contribution in [3.05, 3.63) is 65.3 Å². The maximum Gasteiger partial charge on any atom is 0.139 e. The van der Waals surface area contributed by atoms with E-state index in [0.29, 0.717) is 22.1 Å². The molecule has 0 fully saturated rings. The van der Waals surface area contributed by atoms with E-state index in [1.54, 1.807) is 24.4 Å². The van der Waals surface area contributed by atoms with Gasteiger partial charge >= 0.3 is 0 Å². The first-order chi connectivity index (χ1) is 10.1. The third kappa shape index (κ3) is 2.80. The second kappa shape index (κ2) is 5.42. The van der Waals surface area contributed by atoms with Gasteiger partial charge in [-0.05, 0) is 30.3 Å². The van der Waals surface area contributed by atoms with Crippen LogP contribution in [0.3, 0.4) is 0 Å². The van der Waals surface area contributed by atoms with Gasteiger partial charge in [-0.1, -0.05) is 17.7 Å². The number of rotatable bonds is 3. The van der Waals surface area contributed by atoms with Crippen LogP contribution in [0, 0.1) is 5.41 Å². The van der Waals surface area contributed by atoms with Crippen LogP contribution in [0.5, 0.6) is 11.5 Å². The van der Waals surface area contributed by atoms with Gasteiger partial charge in [0, 0.05) is 28.7 Å². The summed E-state index contributed by atoms with van der Waals surface area (Å²) in [6.45, 7) is 0. The SMILES string of the molecule is N=C(N)c1ccc(Cl)cc1Oc1ccc2cccnc2c1. The Morgan fingerprint density at radius 1 is 1.14 bits per heavy atom. The van der Waals surface area contributed by atoms with Gasteiger partial charge in [-0.2, -0.15) is 0 Å². The molecule has 1 aromatic heterocycles. The summed E-state index contributed by atoms with van der Waals surface area (Å²) >= 11 is 5.98. The Labute approximate surface area is 126 Å². The quantitative estimate of drug-likeness (QED) is 0.567. The molecule has 0 spiro atoms. The van der Waals surface area contributed by atoms with Gasteiger partial charge in [0.2, 0.25) is 0 Å². The van der Waals surface area contributed by atoms with Gasteiger partial charge in [0.1, 0.15) is 17.3 Å². The van der Waals surface area contributed by atoms with Crippen LogP contribution in [0.15, 0.2) is 54.7 Å². The van der Waals surface area contributed by atoms with Crippen LogP contribution in [-0.4, -0.2) is 10.8 Å². The van der Waals surface area contributed by atoms with E-state index in [4.69, 9.17) is 27.5 Å². The van der Waals surface area contributed by atoms with Crippen LogP contribution in [0.25, 0.3) is 10.9 Å². The molecule has 4 nitrogen and oxygen atoms in total. The van der Waals surface area contributed by atoms with E-state index < -0.39 is 0 Å². The lowest BCUT2D eigenvalue weighted by atomic mass is 10.2. The normalized spacial score (nSPS) is 10.5. The van der Waals surface area contributed by atoms with Crippen molar-refractivity contribution in [3.8, 4) is 11.5 Å². The number of nitrogens with one attached hydrogen (secondary N) is 1. The summed E-state index contributed by atoms with van der Waals surface area (Å²) in [5.41, 5.74) is 6.89. The summed E-state index contributed by atoms with van der Waals surface area (Å²) in [5, 5.41) is 9.14. The van der Waals surface area contributed by atoms with Crippen molar-refractivity contribution >= 4 is 28.3 Å². The molecule has 0 saturated heterocycles. The molecule has 0 aliphatic rings. The number of halogens is 1. The van der Waals surface area contributed by atoms with Crippen molar-refractivity contribution in [2.24, 2.45) is 5.73 Å². The zero-order chi connectivity index (χ0) is 14.8. The number of aromatic nitrogens is 1. The second-order valence-electron chi connectivity index (χ2n) is 4.51. The minimum atomic E-state index is -0.0689. The smallest absolute Gasteiger partial charge is 0.139 e. The number of pyridine rings is 1. The van der Waals surface area contributed by atoms with Gasteiger partial charge in [0.05, 0.1) is 11.1 Å². The van der Waals surface area contributed by atoms with Crippen molar-refractivity contribution in [2.45, 2.75) is 0 Å². The molecule has 0 bridgehead atoms. The first-order valence-corrected chi connectivity index (χ1v) is 6.68. The summed E-state index contributed by atoms with van der Waals surface area (Å²) in [4.78, 5) is 4.29. The number of nitrogens with zero attached hydrogens (tertiary/aromatic N) is 1. The van der Waals surface area contributed by atoms with Crippen molar-refractivity contribution in [2.75, 3.05) is 0 Å². The lowest BCUT2D eigenvalue weighted by Crippen LogP contribution is -2.12. The molecular formula is C16H12ClN3O. The first kappa shape index (κ1) is 13.4. The summed E-state index contributed by atoms with van der Waals surface area (Å²) in [5.74, 6) is 0.997. The molecule has 3 N–H and O–H groups in total. The van der Waals surface area contributed by atoms with Crippen LogP contribution < -0.4 is 10.5 Å². The molecule has 0 aliphatic carbocycles. The number of fused-ring (bicyclic) bond motifs is 1. The third-order valence-electron chi connectivity index (χ3n) is 3.04. The Kier molecular flexibility index (Phi) is 3.46. The average molecular weight is 298 g/mol. The van der Waals surface area contributed by atoms with E-state index in [-0.39, 0.29) is 5.84 Å². The van der Waals surface area contributed by atoms with Gasteiger partial charge in [0.25, 0.3) is 0 Å². The maximum atomic E-state index is 7.59. The predicted octanol–water partition coefficient (Wildman–Crippen LogP) is 3.96. The minimum absolute atomic E-state index is 0.0689. The van der Waals surface area contributed by atoms with Crippen molar-refractivity contribution in [3.63, 3.8) is 0 Å². The zero-order valence-corrected chi connectivity index (χ0v) is 11.8.